The van der Waals surface area contributed by atoms with Gasteiger partial charge in [0.1, 0.15) is 5.82 Å². The molecule has 1 aromatic carbocycles. The number of rotatable bonds is 2. The third kappa shape index (κ3) is 2.58. The molecule has 2 aromatic rings. The first-order valence-corrected chi connectivity index (χ1v) is 6.81. The number of aromatic nitrogens is 2. The third-order valence-electron chi connectivity index (χ3n) is 3.89. The predicted molar refractivity (Wildman–Crippen MR) is 72.1 cm³/mol. The molecule has 0 radical (unpaired) electrons. The number of carboxylic acid groups (broad SMARTS) is 1. The normalized spacial score (nSPS) is 18.0. The van der Waals surface area contributed by atoms with Crippen molar-refractivity contribution in [1.82, 2.24) is 9.55 Å². The third-order valence-corrected chi connectivity index (χ3v) is 3.89. The maximum Gasteiger partial charge on any atom is 0.416 e. The number of hydrogen-bond acceptors (Lipinski definition) is 2. The summed E-state index contributed by atoms with van der Waals surface area (Å²) in [6.45, 7) is 0.442. The molecular formula is C15H13F3N2O2. The summed E-state index contributed by atoms with van der Waals surface area (Å²) < 4.78 is 40.2. The number of aliphatic carboxylic acids is 1. The molecule has 1 unspecified atom stereocenters. The molecule has 0 amide bonds. The van der Waals surface area contributed by atoms with Crippen LogP contribution in [0.1, 0.15) is 17.7 Å². The monoisotopic (exact) mass is 310 g/mol. The van der Waals surface area contributed by atoms with Crippen LogP contribution in [-0.4, -0.2) is 20.6 Å². The van der Waals surface area contributed by atoms with Gasteiger partial charge in [-0.3, -0.25) is 4.79 Å². The van der Waals surface area contributed by atoms with E-state index in [1.54, 1.807) is 16.8 Å². The van der Waals surface area contributed by atoms with Gasteiger partial charge in [0, 0.05) is 30.4 Å². The van der Waals surface area contributed by atoms with Gasteiger partial charge in [-0.15, -0.1) is 0 Å². The molecule has 22 heavy (non-hydrogen) atoms. The van der Waals surface area contributed by atoms with Crippen LogP contribution in [0, 0.1) is 5.92 Å². The Kier molecular flexibility index (Phi) is 3.42. The molecule has 0 saturated heterocycles. The fourth-order valence-corrected chi connectivity index (χ4v) is 2.74. The Morgan fingerprint density at radius 2 is 2.14 bits per heavy atom. The smallest absolute Gasteiger partial charge is 0.416 e. The number of carbonyl (C=O) groups is 1. The van der Waals surface area contributed by atoms with E-state index in [1.807, 2.05) is 0 Å². The second kappa shape index (κ2) is 5.15. The Morgan fingerprint density at radius 1 is 1.36 bits per heavy atom. The van der Waals surface area contributed by atoms with Gasteiger partial charge in [-0.2, -0.15) is 13.2 Å². The van der Waals surface area contributed by atoms with Gasteiger partial charge in [-0.25, -0.2) is 4.98 Å². The summed E-state index contributed by atoms with van der Waals surface area (Å²) in [5, 5.41) is 9.06. The molecule has 1 N–H and O–H groups in total. The number of fused-ring (bicyclic) bond motifs is 1. The van der Waals surface area contributed by atoms with E-state index in [4.69, 9.17) is 5.11 Å². The standard InChI is InChI=1S/C15H13F3N2O2/c16-15(17,18)11-3-1-2-9(6-11)13-19-8-12-7-10(14(21)22)4-5-20(12)13/h1-3,6,8,10H,4-5,7H2,(H,21,22). The lowest BCUT2D eigenvalue weighted by Crippen LogP contribution is -2.25. The van der Waals surface area contributed by atoms with Crippen LogP contribution in [0.5, 0.6) is 0 Å². The lowest BCUT2D eigenvalue weighted by molar-refractivity contribution is -0.142. The second-order valence-corrected chi connectivity index (χ2v) is 5.33. The number of benzene rings is 1. The molecule has 116 valence electrons. The first-order chi connectivity index (χ1) is 10.4. The van der Waals surface area contributed by atoms with Crippen molar-refractivity contribution < 1.29 is 23.1 Å². The Hall–Kier alpha value is -2.31. The van der Waals surface area contributed by atoms with Crippen LogP contribution in [0.15, 0.2) is 30.5 Å². The van der Waals surface area contributed by atoms with E-state index in [0.29, 0.717) is 30.8 Å². The maximum atomic E-state index is 12.8. The highest BCUT2D eigenvalue weighted by molar-refractivity contribution is 5.70. The molecule has 0 spiro atoms. The Bertz CT molecular complexity index is 722. The summed E-state index contributed by atoms with van der Waals surface area (Å²) in [5.41, 5.74) is 0.405. The van der Waals surface area contributed by atoms with Crippen molar-refractivity contribution >= 4 is 5.97 Å². The van der Waals surface area contributed by atoms with Gasteiger partial charge >= 0.3 is 12.1 Å². The van der Waals surface area contributed by atoms with Gasteiger partial charge in [-0.1, -0.05) is 12.1 Å². The highest BCUT2D eigenvalue weighted by atomic mass is 19.4. The van der Waals surface area contributed by atoms with Crippen LogP contribution in [-0.2, 0) is 23.9 Å². The Morgan fingerprint density at radius 3 is 2.82 bits per heavy atom. The maximum absolute atomic E-state index is 12.8. The van der Waals surface area contributed by atoms with Gasteiger partial charge in [0.15, 0.2) is 0 Å². The minimum Gasteiger partial charge on any atom is -0.481 e. The zero-order valence-electron chi connectivity index (χ0n) is 11.5. The summed E-state index contributed by atoms with van der Waals surface area (Å²) in [7, 11) is 0. The van der Waals surface area contributed by atoms with Gasteiger partial charge in [0.25, 0.3) is 0 Å². The highest BCUT2D eigenvalue weighted by Crippen LogP contribution is 2.33. The number of alkyl halides is 3. The zero-order chi connectivity index (χ0) is 15.9. The average molecular weight is 310 g/mol. The molecule has 4 nitrogen and oxygen atoms in total. The van der Waals surface area contributed by atoms with E-state index < -0.39 is 23.6 Å². The summed E-state index contributed by atoms with van der Waals surface area (Å²) in [6.07, 6.45) is -2.06. The van der Waals surface area contributed by atoms with E-state index in [1.165, 1.54) is 6.07 Å². The quantitative estimate of drug-likeness (QED) is 0.926. The first kappa shape index (κ1) is 14.6. The van der Waals surface area contributed by atoms with Crippen LogP contribution in [0.2, 0.25) is 0 Å². The van der Waals surface area contributed by atoms with E-state index in [0.717, 1.165) is 17.8 Å². The van der Waals surface area contributed by atoms with Crippen LogP contribution < -0.4 is 0 Å². The van der Waals surface area contributed by atoms with Crippen molar-refractivity contribution in [3.8, 4) is 11.4 Å². The van der Waals surface area contributed by atoms with Crippen molar-refractivity contribution in [3.05, 3.63) is 41.7 Å². The second-order valence-electron chi connectivity index (χ2n) is 5.33. The zero-order valence-corrected chi connectivity index (χ0v) is 11.5. The molecule has 1 atom stereocenters. The van der Waals surface area contributed by atoms with Crippen LogP contribution >= 0.6 is 0 Å². The number of imidazole rings is 1. The van der Waals surface area contributed by atoms with E-state index in [2.05, 4.69) is 4.98 Å². The fourth-order valence-electron chi connectivity index (χ4n) is 2.74. The number of carboxylic acids is 1. The molecule has 7 heteroatoms. The minimum absolute atomic E-state index is 0.349. The molecule has 0 fully saturated rings. The fraction of sp³-hybridized carbons (Fsp3) is 0.333. The van der Waals surface area contributed by atoms with Gasteiger partial charge in [-0.05, 0) is 18.6 Å². The van der Waals surface area contributed by atoms with E-state index >= 15 is 0 Å². The first-order valence-electron chi connectivity index (χ1n) is 6.81. The van der Waals surface area contributed by atoms with Crippen LogP contribution in [0.3, 0.4) is 0 Å². The number of halogens is 3. The molecular weight excluding hydrogens is 297 g/mol. The molecule has 1 aliphatic heterocycles. The Balaban J connectivity index is 1.97. The van der Waals surface area contributed by atoms with Crippen LogP contribution in [0.4, 0.5) is 13.2 Å². The largest absolute Gasteiger partial charge is 0.481 e. The Labute approximate surface area is 124 Å². The van der Waals surface area contributed by atoms with Gasteiger partial charge < -0.3 is 9.67 Å². The molecule has 0 saturated carbocycles. The highest BCUT2D eigenvalue weighted by Gasteiger charge is 2.31. The van der Waals surface area contributed by atoms with Crippen molar-refractivity contribution in [3.63, 3.8) is 0 Å². The van der Waals surface area contributed by atoms with Crippen molar-refractivity contribution in [2.75, 3.05) is 0 Å². The van der Waals surface area contributed by atoms with Crippen molar-refractivity contribution in [1.29, 1.82) is 0 Å². The van der Waals surface area contributed by atoms with E-state index in [-0.39, 0.29) is 0 Å². The number of nitrogens with zero attached hydrogens (tertiary/aromatic N) is 2. The SMILES string of the molecule is O=C(O)C1CCn2c(cnc2-c2cccc(C(F)(F)F)c2)C1. The molecule has 0 aliphatic carbocycles. The molecule has 2 heterocycles. The van der Waals surface area contributed by atoms with Gasteiger partial charge in [0.2, 0.25) is 0 Å². The summed E-state index contributed by atoms with van der Waals surface area (Å²) >= 11 is 0. The lowest BCUT2D eigenvalue weighted by Gasteiger charge is -2.22. The molecule has 3 rings (SSSR count). The van der Waals surface area contributed by atoms with Gasteiger partial charge in [0.05, 0.1) is 11.5 Å². The van der Waals surface area contributed by atoms with Crippen molar-refractivity contribution in [2.45, 2.75) is 25.6 Å². The average Bonchev–Trinajstić information content (AvgIpc) is 2.89. The van der Waals surface area contributed by atoms with E-state index in [9.17, 15) is 18.0 Å². The molecule has 1 aromatic heterocycles. The van der Waals surface area contributed by atoms with Crippen molar-refractivity contribution in [2.24, 2.45) is 5.92 Å². The summed E-state index contributed by atoms with van der Waals surface area (Å²) in [5.74, 6) is -0.864. The summed E-state index contributed by atoms with van der Waals surface area (Å²) in [6, 6.07) is 5.01. The topological polar surface area (TPSA) is 55.1 Å². The minimum atomic E-state index is -4.40. The number of hydrogen-bond donors (Lipinski definition) is 1. The lowest BCUT2D eigenvalue weighted by atomic mass is 9.96. The molecule has 1 aliphatic rings. The summed E-state index contributed by atoms with van der Waals surface area (Å²) in [4.78, 5) is 15.2. The molecule has 0 bridgehead atoms. The van der Waals surface area contributed by atoms with Crippen LogP contribution in [0.25, 0.3) is 11.4 Å². The predicted octanol–water partition coefficient (Wildman–Crippen LogP) is 3.22.